The summed E-state index contributed by atoms with van der Waals surface area (Å²) in [6.45, 7) is 0. The van der Waals surface area contributed by atoms with Gasteiger partial charge in [0.1, 0.15) is 11.6 Å². The maximum Gasteiger partial charge on any atom is 0.228 e. The van der Waals surface area contributed by atoms with Crippen molar-refractivity contribution in [3.63, 3.8) is 0 Å². The number of benzene rings is 2. The second kappa shape index (κ2) is 5.31. The van der Waals surface area contributed by atoms with Crippen molar-refractivity contribution in [2.24, 2.45) is 0 Å². The average Bonchev–Trinajstić information content (AvgIpc) is 2.35. The van der Waals surface area contributed by atoms with Gasteiger partial charge in [0.25, 0.3) is 0 Å². The second-order valence-corrected chi connectivity index (χ2v) is 3.86. The summed E-state index contributed by atoms with van der Waals surface area (Å²) in [5.41, 5.74) is 0.919. The van der Waals surface area contributed by atoms with E-state index in [-0.39, 0.29) is 18.1 Å². The van der Waals surface area contributed by atoms with Gasteiger partial charge in [-0.05, 0) is 35.9 Å². The van der Waals surface area contributed by atoms with E-state index in [4.69, 9.17) is 5.11 Å². The van der Waals surface area contributed by atoms with Crippen molar-refractivity contribution >= 4 is 11.6 Å². The molecular formula is C14H12FNO2. The Morgan fingerprint density at radius 2 is 1.78 bits per heavy atom. The SMILES string of the molecule is O=C(Cc1ccccc1F)Nc1ccc(O)cc1. The molecule has 3 nitrogen and oxygen atoms in total. The number of carbonyl (C=O) groups excluding carboxylic acids is 1. The van der Waals surface area contributed by atoms with Gasteiger partial charge in [0.15, 0.2) is 0 Å². The molecule has 0 spiro atoms. The predicted molar refractivity (Wildman–Crippen MR) is 66.8 cm³/mol. The number of nitrogens with one attached hydrogen (secondary N) is 1. The number of hydrogen-bond donors (Lipinski definition) is 2. The van der Waals surface area contributed by atoms with E-state index < -0.39 is 5.82 Å². The van der Waals surface area contributed by atoms with Crippen LogP contribution < -0.4 is 5.32 Å². The third kappa shape index (κ3) is 3.07. The first kappa shape index (κ1) is 12.1. The van der Waals surface area contributed by atoms with Gasteiger partial charge in [0, 0.05) is 5.69 Å². The fraction of sp³-hybridized carbons (Fsp3) is 0.0714. The van der Waals surface area contributed by atoms with E-state index in [1.165, 1.54) is 18.2 Å². The Morgan fingerprint density at radius 3 is 2.44 bits per heavy atom. The maximum atomic E-state index is 13.3. The minimum atomic E-state index is -0.390. The Balaban J connectivity index is 2.01. The van der Waals surface area contributed by atoms with Crippen LogP contribution in [0.5, 0.6) is 5.75 Å². The normalized spacial score (nSPS) is 10.1. The molecule has 0 bridgehead atoms. The molecule has 0 saturated heterocycles. The van der Waals surface area contributed by atoms with Crippen molar-refractivity contribution < 1.29 is 14.3 Å². The van der Waals surface area contributed by atoms with Gasteiger partial charge in [-0.25, -0.2) is 4.39 Å². The molecule has 2 aromatic carbocycles. The molecule has 0 heterocycles. The van der Waals surface area contributed by atoms with Crippen molar-refractivity contribution in [1.82, 2.24) is 0 Å². The zero-order valence-electron chi connectivity index (χ0n) is 9.56. The Bertz CT molecular complexity index is 552. The Morgan fingerprint density at radius 1 is 1.11 bits per heavy atom. The fourth-order valence-corrected chi connectivity index (χ4v) is 1.56. The lowest BCUT2D eigenvalue weighted by atomic mass is 10.1. The van der Waals surface area contributed by atoms with E-state index in [0.717, 1.165) is 0 Å². The van der Waals surface area contributed by atoms with E-state index in [1.54, 1.807) is 30.3 Å². The predicted octanol–water partition coefficient (Wildman–Crippen LogP) is 2.71. The number of phenols is 1. The van der Waals surface area contributed by atoms with Crippen LogP contribution in [0.25, 0.3) is 0 Å². The van der Waals surface area contributed by atoms with Crippen LogP contribution in [0, 0.1) is 5.82 Å². The maximum absolute atomic E-state index is 13.3. The highest BCUT2D eigenvalue weighted by Gasteiger charge is 2.07. The molecule has 2 aromatic rings. The molecule has 18 heavy (non-hydrogen) atoms. The molecule has 2 rings (SSSR count). The highest BCUT2D eigenvalue weighted by atomic mass is 19.1. The summed E-state index contributed by atoms with van der Waals surface area (Å²) in [4.78, 5) is 11.7. The number of rotatable bonds is 3. The van der Waals surface area contributed by atoms with Crippen LogP contribution in [0.15, 0.2) is 48.5 Å². The van der Waals surface area contributed by atoms with Crippen molar-refractivity contribution in [3.05, 3.63) is 59.9 Å². The molecule has 4 heteroatoms. The monoisotopic (exact) mass is 245 g/mol. The van der Waals surface area contributed by atoms with Crippen LogP contribution in [-0.4, -0.2) is 11.0 Å². The largest absolute Gasteiger partial charge is 0.508 e. The molecule has 0 aliphatic rings. The number of phenolic OH excluding ortho intramolecular Hbond substituents is 1. The number of aromatic hydroxyl groups is 1. The van der Waals surface area contributed by atoms with Crippen molar-refractivity contribution in [2.45, 2.75) is 6.42 Å². The van der Waals surface area contributed by atoms with E-state index in [2.05, 4.69) is 5.32 Å². The van der Waals surface area contributed by atoms with Gasteiger partial charge in [-0.1, -0.05) is 18.2 Å². The highest BCUT2D eigenvalue weighted by molar-refractivity contribution is 5.92. The van der Waals surface area contributed by atoms with Gasteiger partial charge in [0.05, 0.1) is 6.42 Å². The van der Waals surface area contributed by atoms with Gasteiger partial charge in [-0.2, -0.15) is 0 Å². The van der Waals surface area contributed by atoms with Crippen molar-refractivity contribution in [1.29, 1.82) is 0 Å². The lowest BCUT2D eigenvalue weighted by molar-refractivity contribution is -0.115. The Hall–Kier alpha value is -2.36. The van der Waals surface area contributed by atoms with Crippen LogP contribution in [0.3, 0.4) is 0 Å². The van der Waals surface area contributed by atoms with Crippen molar-refractivity contribution in [2.75, 3.05) is 5.32 Å². The van der Waals surface area contributed by atoms with Gasteiger partial charge in [-0.15, -0.1) is 0 Å². The van der Waals surface area contributed by atoms with Crippen LogP contribution >= 0.6 is 0 Å². The summed E-state index contributed by atoms with van der Waals surface area (Å²) in [5, 5.41) is 11.7. The lowest BCUT2D eigenvalue weighted by Crippen LogP contribution is -2.15. The molecule has 0 aliphatic carbocycles. The molecule has 92 valence electrons. The molecule has 1 amide bonds. The minimum absolute atomic E-state index is 0.0203. The number of halogens is 1. The summed E-state index contributed by atoms with van der Waals surface area (Å²) >= 11 is 0. The second-order valence-electron chi connectivity index (χ2n) is 3.86. The zero-order chi connectivity index (χ0) is 13.0. The summed E-state index contributed by atoms with van der Waals surface area (Å²) in [6.07, 6.45) is -0.0203. The molecule has 0 aliphatic heterocycles. The van der Waals surface area contributed by atoms with Crippen LogP contribution in [0.4, 0.5) is 10.1 Å². The topological polar surface area (TPSA) is 49.3 Å². The standard InChI is InChI=1S/C14H12FNO2/c15-13-4-2-1-3-10(13)9-14(18)16-11-5-7-12(17)8-6-11/h1-8,17H,9H2,(H,16,18). The summed E-state index contributed by atoms with van der Waals surface area (Å²) in [6, 6.07) is 12.3. The average molecular weight is 245 g/mol. The van der Waals surface area contributed by atoms with E-state index in [9.17, 15) is 9.18 Å². The quantitative estimate of drug-likeness (QED) is 0.817. The fourth-order valence-electron chi connectivity index (χ4n) is 1.56. The number of anilines is 1. The Labute approximate surface area is 104 Å². The molecule has 0 atom stereocenters. The summed E-state index contributed by atoms with van der Waals surface area (Å²) < 4.78 is 13.3. The van der Waals surface area contributed by atoms with Gasteiger partial charge >= 0.3 is 0 Å². The van der Waals surface area contributed by atoms with Crippen LogP contribution in [0.1, 0.15) is 5.56 Å². The molecule has 0 aromatic heterocycles. The van der Waals surface area contributed by atoms with E-state index in [0.29, 0.717) is 11.3 Å². The first-order valence-electron chi connectivity index (χ1n) is 5.47. The van der Waals surface area contributed by atoms with Gasteiger partial charge in [0.2, 0.25) is 5.91 Å². The van der Waals surface area contributed by atoms with Gasteiger partial charge in [-0.3, -0.25) is 4.79 Å². The molecule has 0 saturated carbocycles. The van der Waals surface area contributed by atoms with E-state index >= 15 is 0 Å². The highest BCUT2D eigenvalue weighted by Crippen LogP contribution is 2.14. The summed E-state index contributed by atoms with van der Waals surface area (Å²) in [5.74, 6) is -0.564. The van der Waals surface area contributed by atoms with Crippen LogP contribution in [-0.2, 0) is 11.2 Å². The minimum Gasteiger partial charge on any atom is -0.508 e. The third-order valence-electron chi connectivity index (χ3n) is 2.46. The lowest BCUT2D eigenvalue weighted by Gasteiger charge is -2.06. The summed E-state index contributed by atoms with van der Waals surface area (Å²) in [7, 11) is 0. The van der Waals surface area contributed by atoms with Gasteiger partial charge < -0.3 is 10.4 Å². The molecule has 0 fully saturated rings. The smallest absolute Gasteiger partial charge is 0.228 e. The molecule has 0 radical (unpaired) electrons. The number of carbonyl (C=O) groups is 1. The van der Waals surface area contributed by atoms with Crippen molar-refractivity contribution in [3.8, 4) is 5.75 Å². The first-order valence-corrected chi connectivity index (χ1v) is 5.47. The van der Waals surface area contributed by atoms with Crippen LogP contribution in [0.2, 0.25) is 0 Å². The number of amides is 1. The zero-order valence-corrected chi connectivity index (χ0v) is 9.56. The first-order chi connectivity index (χ1) is 8.65. The molecule has 2 N–H and O–H groups in total. The van der Waals surface area contributed by atoms with E-state index in [1.807, 2.05) is 0 Å². The number of hydrogen-bond acceptors (Lipinski definition) is 2. The molecule has 0 unspecified atom stereocenters. The Kier molecular flexibility index (Phi) is 3.57. The molecular weight excluding hydrogens is 233 g/mol. The third-order valence-corrected chi connectivity index (χ3v) is 2.46.